The van der Waals surface area contributed by atoms with E-state index < -0.39 is 22.2 Å². The van der Waals surface area contributed by atoms with E-state index in [0.717, 1.165) is 18.4 Å². The fourth-order valence-corrected chi connectivity index (χ4v) is 4.55. The minimum absolute atomic E-state index is 0.00795. The van der Waals surface area contributed by atoms with Crippen LogP contribution in [0.25, 0.3) is 0 Å². The number of hydrogen-bond donors (Lipinski definition) is 1. The van der Waals surface area contributed by atoms with Crippen molar-refractivity contribution in [1.82, 2.24) is 9.03 Å². The highest BCUT2D eigenvalue weighted by molar-refractivity contribution is 7.87. The van der Waals surface area contributed by atoms with E-state index in [1.807, 2.05) is 30.3 Å². The van der Waals surface area contributed by atoms with Crippen LogP contribution in [0.2, 0.25) is 0 Å². The van der Waals surface area contributed by atoms with E-state index in [0.29, 0.717) is 25.4 Å². The van der Waals surface area contributed by atoms with Crippen LogP contribution in [0, 0.1) is 5.92 Å². The molecule has 0 aliphatic carbocycles. The number of rotatable bonds is 7. The number of esters is 1. The minimum Gasteiger partial charge on any atom is -0.469 e. The van der Waals surface area contributed by atoms with Crippen molar-refractivity contribution in [2.24, 2.45) is 5.92 Å². The van der Waals surface area contributed by atoms with Crippen molar-refractivity contribution in [1.29, 1.82) is 0 Å². The van der Waals surface area contributed by atoms with Crippen LogP contribution < -0.4 is 4.72 Å². The summed E-state index contributed by atoms with van der Waals surface area (Å²) in [5, 5.41) is 0. The Hall–Kier alpha value is -1.44. The highest BCUT2D eigenvalue weighted by Crippen LogP contribution is 2.18. The molecule has 1 aromatic rings. The summed E-state index contributed by atoms with van der Waals surface area (Å²) in [5.41, 5.74) is 0.973. The quantitative estimate of drug-likeness (QED) is 0.757. The van der Waals surface area contributed by atoms with Gasteiger partial charge in [0.1, 0.15) is 0 Å². The summed E-state index contributed by atoms with van der Waals surface area (Å²) in [6.45, 7) is 3.10. The molecule has 1 N–H and O–H groups in total. The topological polar surface area (TPSA) is 75.7 Å². The van der Waals surface area contributed by atoms with Gasteiger partial charge in [-0.05, 0) is 30.7 Å². The van der Waals surface area contributed by atoms with Gasteiger partial charge in [-0.3, -0.25) is 4.79 Å². The van der Waals surface area contributed by atoms with Crippen molar-refractivity contribution in [3.63, 3.8) is 0 Å². The maximum atomic E-state index is 12.7. The molecule has 7 heteroatoms. The molecule has 6 nitrogen and oxygen atoms in total. The van der Waals surface area contributed by atoms with E-state index in [4.69, 9.17) is 4.74 Å². The molecule has 2 rings (SSSR count). The Kier molecular flexibility index (Phi) is 6.77. The zero-order chi connectivity index (χ0) is 17.6. The number of benzene rings is 1. The lowest BCUT2D eigenvalue weighted by atomic mass is 10.0. The summed E-state index contributed by atoms with van der Waals surface area (Å²) in [6, 6.07) is 9.00. The maximum Gasteiger partial charge on any atom is 0.307 e. The number of ether oxygens (including phenoxy) is 1. The number of carbonyl (C=O) groups is 1. The van der Waals surface area contributed by atoms with Crippen molar-refractivity contribution in [2.75, 3.05) is 20.2 Å². The Morgan fingerprint density at radius 1 is 1.38 bits per heavy atom. The van der Waals surface area contributed by atoms with Crippen molar-refractivity contribution >= 4 is 16.2 Å². The van der Waals surface area contributed by atoms with Crippen LogP contribution in [0.3, 0.4) is 0 Å². The smallest absolute Gasteiger partial charge is 0.307 e. The van der Waals surface area contributed by atoms with Gasteiger partial charge in [0, 0.05) is 19.1 Å². The third-order valence-corrected chi connectivity index (χ3v) is 5.88. The fourth-order valence-electron chi connectivity index (χ4n) is 2.99. The summed E-state index contributed by atoms with van der Waals surface area (Å²) in [7, 11) is -2.31. The van der Waals surface area contributed by atoms with Gasteiger partial charge in [-0.2, -0.15) is 17.4 Å². The van der Waals surface area contributed by atoms with Gasteiger partial charge in [0.2, 0.25) is 0 Å². The van der Waals surface area contributed by atoms with Crippen LogP contribution in [0.4, 0.5) is 0 Å². The zero-order valence-corrected chi connectivity index (χ0v) is 15.1. The van der Waals surface area contributed by atoms with Crippen LogP contribution in [0.15, 0.2) is 30.3 Å². The highest BCUT2D eigenvalue weighted by Gasteiger charge is 2.30. The van der Waals surface area contributed by atoms with Crippen molar-refractivity contribution < 1.29 is 17.9 Å². The number of hydrogen-bond acceptors (Lipinski definition) is 4. The first-order valence-corrected chi connectivity index (χ1v) is 9.73. The molecule has 2 atom stereocenters. The van der Waals surface area contributed by atoms with Crippen LogP contribution in [-0.2, 0) is 26.2 Å². The molecule has 1 heterocycles. The number of piperidine rings is 1. The third-order valence-electron chi connectivity index (χ3n) is 4.24. The first-order chi connectivity index (χ1) is 11.4. The summed E-state index contributed by atoms with van der Waals surface area (Å²) in [6.07, 6.45) is 2.36. The molecule has 1 fully saturated rings. The molecule has 1 saturated heterocycles. The van der Waals surface area contributed by atoms with Crippen LogP contribution in [-0.4, -0.2) is 44.9 Å². The zero-order valence-electron chi connectivity index (χ0n) is 14.3. The summed E-state index contributed by atoms with van der Waals surface area (Å²) in [5.74, 6) is -0.0749. The van der Waals surface area contributed by atoms with Gasteiger partial charge < -0.3 is 4.74 Å². The molecule has 0 spiro atoms. The molecule has 0 aromatic heterocycles. The highest BCUT2D eigenvalue weighted by atomic mass is 32.2. The Bertz CT molecular complexity index is 633. The maximum absolute atomic E-state index is 12.7. The van der Waals surface area contributed by atoms with Gasteiger partial charge in [-0.1, -0.05) is 37.3 Å². The second-order valence-electron chi connectivity index (χ2n) is 6.40. The van der Waals surface area contributed by atoms with E-state index in [-0.39, 0.29) is 6.42 Å². The van der Waals surface area contributed by atoms with Crippen molar-refractivity contribution in [3.8, 4) is 0 Å². The first-order valence-electron chi connectivity index (χ1n) is 8.29. The number of nitrogens with zero attached hydrogens (tertiary/aromatic N) is 1. The summed E-state index contributed by atoms with van der Waals surface area (Å²) < 4.78 is 34.2. The lowest BCUT2D eigenvalue weighted by molar-refractivity contribution is -0.141. The molecular formula is C17H26N2O4S. The predicted molar refractivity (Wildman–Crippen MR) is 92.6 cm³/mol. The molecular weight excluding hydrogens is 328 g/mol. The van der Waals surface area contributed by atoms with E-state index in [1.165, 1.54) is 11.4 Å². The standard InChI is InChI=1S/C17H26N2O4S/c1-14-7-6-10-19(13-14)24(21,22)18-16(12-17(20)23-2)11-15-8-4-3-5-9-15/h3-5,8-9,14,16,18H,6-7,10-13H2,1-2H3/t14-,16+/m0/s1. The van der Waals surface area contributed by atoms with Gasteiger partial charge >= 0.3 is 5.97 Å². The third kappa shape index (κ3) is 5.58. The van der Waals surface area contributed by atoms with Crippen LogP contribution in [0.5, 0.6) is 0 Å². The molecule has 1 aliphatic rings. The first kappa shape index (κ1) is 18.9. The van der Waals surface area contributed by atoms with Crippen molar-refractivity contribution in [2.45, 2.75) is 38.6 Å². The summed E-state index contributed by atoms with van der Waals surface area (Å²) >= 11 is 0. The molecule has 0 bridgehead atoms. The number of methoxy groups -OCH3 is 1. The second-order valence-corrected chi connectivity index (χ2v) is 8.10. The van der Waals surface area contributed by atoms with E-state index >= 15 is 0 Å². The minimum atomic E-state index is -3.61. The molecule has 0 amide bonds. The lowest BCUT2D eigenvalue weighted by Crippen LogP contribution is -2.49. The molecule has 0 saturated carbocycles. The molecule has 134 valence electrons. The van der Waals surface area contributed by atoms with Gasteiger partial charge in [0.15, 0.2) is 0 Å². The van der Waals surface area contributed by atoms with Gasteiger partial charge in [0.25, 0.3) is 10.2 Å². The number of nitrogens with one attached hydrogen (secondary N) is 1. The fraction of sp³-hybridized carbons (Fsp3) is 0.588. The predicted octanol–water partition coefficient (Wildman–Crippen LogP) is 1.73. The average Bonchev–Trinajstić information content (AvgIpc) is 2.55. The SMILES string of the molecule is COC(=O)C[C@@H](Cc1ccccc1)NS(=O)(=O)N1CCC[C@H](C)C1. The number of carbonyl (C=O) groups excluding carboxylic acids is 1. The van der Waals surface area contributed by atoms with Crippen molar-refractivity contribution in [3.05, 3.63) is 35.9 Å². The Morgan fingerprint density at radius 3 is 2.71 bits per heavy atom. The molecule has 1 aromatic carbocycles. The second kappa shape index (κ2) is 8.60. The normalized spacial score (nSPS) is 20.5. The van der Waals surface area contributed by atoms with E-state index in [2.05, 4.69) is 11.6 Å². The lowest BCUT2D eigenvalue weighted by Gasteiger charge is -2.31. The van der Waals surface area contributed by atoms with Gasteiger partial charge in [-0.25, -0.2) is 0 Å². The molecule has 24 heavy (non-hydrogen) atoms. The molecule has 0 radical (unpaired) electrons. The Balaban J connectivity index is 2.09. The van der Waals surface area contributed by atoms with Gasteiger partial charge in [0.05, 0.1) is 13.5 Å². The van der Waals surface area contributed by atoms with E-state index in [9.17, 15) is 13.2 Å². The summed E-state index contributed by atoms with van der Waals surface area (Å²) in [4.78, 5) is 11.7. The van der Waals surface area contributed by atoms with Gasteiger partial charge in [-0.15, -0.1) is 0 Å². The Morgan fingerprint density at radius 2 is 2.08 bits per heavy atom. The Labute approximate surface area is 144 Å². The van der Waals surface area contributed by atoms with E-state index in [1.54, 1.807) is 0 Å². The largest absolute Gasteiger partial charge is 0.469 e. The van der Waals surface area contributed by atoms with Crippen LogP contribution >= 0.6 is 0 Å². The average molecular weight is 354 g/mol. The van der Waals surface area contributed by atoms with Crippen LogP contribution in [0.1, 0.15) is 31.7 Å². The molecule has 0 unspecified atom stereocenters. The molecule has 1 aliphatic heterocycles. The monoisotopic (exact) mass is 354 g/mol.